The number of nitrogens with zero attached hydrogens (tertiary/aromatic N) is 1. The molecule has 1 rings (SSSR count). The van der Waals surface area contributed by atoms with Crippen LogP contribution in [0.3, 0.4) is 0 Å². The molecule has 0 spiro atoms. The molecule has 0 aliphatic carbocycles. The van der Waals surface area contributed by atoms with Crippen LogP contribution < -0.4 is 5.32 Å². The first-order chi connectivity index (χ1) is 6.61. The Labute approximate surface area is 83.1 Å². The normalized spacial score (nSPS) is 16.1. The highest BCUT2D eigenvalue weighted by atomic mass is 16.4. The monoisotopic (exact) mass is 200 g/mol. The first-order valence-corrected chi connectivity index (χ1v) is 4.78. The largest absolute Gasteiger partial charge is 0.481 e. The molecule has 0 radical (unpaired) electrons. The van der Waals surface area contributed by atoms with Crippen LogP contribution in [0.5, 0.6) is 0 Å². The number of amides is 1. The van der Waals surface area contributed by atoms with Crippen molar-refractivity contribution in [3.05, 3.63) is 0 Å². The van der Waals surface area contributed by atoms with Crippen molar-refractivity contribution in [3.63, 3.8) is 0 Å². The Bertz CT molecular complexity index is 226. The average Bonchev–Trinajstić information content (AvgIpc) is 2.00. The van der Waals surface area contributed by atoms with E-state index in [2.05, 4.69) is 5.32 Å². The van der Waals surface area contributed by atoms with Crippen LogP contribution in [0.4, 0.5) is 0 Å². The maximum atomic E-state index is 11.5. The van der Waals surface area contributed by atoms with Gasteiger partial charge in [0.25, 0.3) is 0 Å². The van der Waals surface area contributed by atoms with Crippen molar-refractivity contribution < 1.29 is 14.7 Å². The summed E-state index contributed by atoms with van der Waals surface area (Å²) in [6.07, 6.45) is 0.651. The Balaban J connectivity index is 2.16. The molecule has 5 nitrogen and oxygen atoms in total. The summed E-state index contributed by atoms with van der Waals surface area (Å²) in [5.74, 6) is -0.588. The number of carboxylic acid groups (broad SMARTS) is 1. The Kier molecular flexibility index (Phi) is 3.88. The highest BCUT2D eigenvalue weighted by Crippen LogP contribution is 2.07. The Morgan fingerprint density at radius 3 is 2.57 bits per heavy atom. The van der Waals surface area contributed by atoms with Crippen molar-refractivity contribution in [2.75, 3.05) is 26.7 Å². The van der Waals surface area contributed by atoms with E-state index in [1.54, 1.807) is 11.9 Å². The summed E-state index contributed by atoms with van der Waals surface area (Å²) in [4.78, 5) is 23.4. The summed E-state index contributed by atoms with van der Waals surface area (Å²) in [6.45, 7) is 2.03. The van der Waals surface area contributed by atoms with E-state index in [1.165, 1.54) is 0 Å². The van der Waals surface area contributed by atoms with Gasteiger partial charge in [0.05, 0.1) is 5.92 Å². The molecule has 1 aliphatic heterocycles. The standard InChI is InChI=1S/C9H16N2O3/c1-11(4-2-3-8(12)13)9(14)7-5-10-6-7/h7,10H,2-6H2,1H3,(H,12,13). The minimum absolute atomic E-state index is 0.102. The SMILES string of the molecule is CN(CCCC(=O)O)C(=O)C1CNC1. The Morgan fingerprint density at radius 2 is 2.14 bits per heavy atom. The van der Waals surface area contributed by atoms with E-state index in [0.29, 0.717) is 13.0 Å². The third-order valence-electron chi connectivity index (χ3n) is 2.39. The van der Waals surface area contributed by atoms with Gasteiger partial charge in [-0.15, -0.1) is 0 Å². The van der Waals surface area contributed by atoms with Gasteiger partial charge in [0.1, 0.15) is 0 Å². The van der Waals surface area contributed by atoms with Crippen LogP contribution in [0.25, 0.3) is 0 Å². The number of carbonyl (C=O) groups is 2. The van der Waals surface area contributed by atoms with Gasteiger partial charge in [0.15, 0.2) is 0 Å². The van der Waals surface area contributed by atoms with Gasteiger partial charge in [-0.1, -0.05) is 0 Å². The van der Waals surface area contributed by atoms with Crippen LogP contribution >= 0.6 is 0 Å². The summed E-state index contributed by atoms with van der Waals surface area (Å²) in [7, 11) is 1.72. The van der Waals surface area contributed by atoms with Crippen molar-refractivity contribution in [2.24, 2.45) is 5.92 Å². The van der Waals surface area contributed by atoms with Crippen molar-refractivity contribution in [3.8, 4) is 0 Å². The van der Waals surface area contributed by atoms with Crippen LogP contribution in [0, 0.1) is 5.92 Å². The van der Waals surface area contributed by atoms with E-state index in [0.717, 1.165) is 13.1 Å². The molecule has 0 unspecified atom stereocenters. The smallest absolute Gasteiger partial charge is 0.303 e. The topological polar surface area (TPSA) is 69.6 Å². The summed E-state index contributed by atoms with van der Waals surface area (Å²) < 4.78 is 0. The molecule has 0 aromatic carbocycles. The van der Waals surface area contributed by atoms with E-state index < -0.39 is 5.97 Å². The Hall–Kier alpha value is -1.10. The lowest BCUT2D eigenvalue weighted by molar-refractivity contribution is -0.139. The van der Waals surface area contributed by atoms with Gasteiger partial charge in [-0.2, -0.15) is 0 Å². The zero-order valence-electron chi connectivity index (χ0n) is 8.32. The zero-order valence-corrected chi connectivity index (χ0v) is 8.32. The molecule has 80 valence electrons. The summed E-state index contributed by atoms with van der Waals surface area (Å²) in [5, 5.41) is 11.4. The van der Waals surface area contributed by atoms with Crippen molar-refractivity contribution in [1.29, 1.82) is 0 Å². The summed E-state index contributed by atoms with van der Waals surface area (Å²) >= 11 is 0. The maximum Gasteiger partial charge on any atom is 0.303 e. The number of carbonyl (C=O) groups excluding carboxylic acids is 1. The lowest BCUT2D eigenvalue weighted by atomic mass is 10.0. The third-order valence-corrected chi connectivity index (χ3v) is 2.39. The van der Waals surface area contributed by atoms with Crippen LogP contribution in [-0.4, -0.2) is 48.6 Å². The predicted molar refractivity (Wildman–Crippen MR) is 50.9 cm³/mol. The highest BCUT2D eigenvalue weighted by Gasteiger charge is 2.27. The van der Waals surface area contributed by atoms with Crippen LogP contribution in [-0.2, 0) is 9.59 Å². The van der Waals surface area contributed by atoms with Gasteiger partial charge in [0, 0.05) is 33.1 Å². The lowest BCUT2D eigenvalue weighted by Crippen LogP contribution is -2.51. The van der Waals surface area contributed by atoms with Crippen LogP contribution in [0.15, 0.2) is 0 Å². The molecular weight excluding hydrogens is 184 g/mol. The molecule has 1 fully saturated rings. The summed E-state index contributed by atoms with van der Waals surface area (Å²) in [5.41, 5.74) is 0. The van der Waals surface area contributed by atoms with Gasteiger partial charge in [-0.25, -0.2) is 0 Å². The quantitative estimate of drug-likeness (QED) is 0.629. The van der Waals surface area contributed by atoms with Crippen LogP contribution in [0.2, 0.25) is 0 Å². The Morgan fingerprint density at radius 1 is 1.50 bits per heavy atom. The van der Waals surface area contributed by atoms with E-state index in [-0.39, 0.29) is 18.2 Å². The number of aliphatic carboxylic acids is 1. The van der Waals surface area contributed by atoms with E-state index >= 15 is 0 Å². The van der Waals surface area contributed by atoms with Crippen molar-refractivity contribution in [1.82, 2.24) is 10.2 Å². The highest BCUT2D eigenvalue weighted by molar-refractivity contribution is 5.80. The number of rotatable bonds is 5. The average molecular weight is 200 g/mol. The molecule has 1 aliphatic rings. The van der Waals surface area contributed by atoms with Crippen molar-refractivity contribution in [2.45, 2.75) is 12.8 Å². The molecule has 1 amide bonds. The lowest BCUT2D eigenvalue weighted by Gasteiger charge is -2.30. The second-order valence-electron chi connectivity index (χ2n) is 3.61. The number of nitrogens with one attached hydrogen (secondary N) is 1. The molecular formula is C9H16N2O3. The molecule has 1 saturated heterocycles. The molecule has 14 heavy (non-hydrogen) atoms. The zero-order chi connectivity index (χ0) is 10.6. The minimum atomic E-state index is -0.809. The van der Waals surface area contributed by atoms with Gasteiger partial charge in [-0.05, 0) is 6.42 Å². The second kappa shape index (κ2) is 4.95. The number of carboxylic acids is 1. The molecule has 0 bridgehead atoms. The van der Waals surface area contributed by atoms with Gasteiger partial charge in [-0.3, -0.25) is 9.59 Å². The molecule has 0 atom stereocenters. The fraction of sp³-hybridized carbons (Fsp3) is 0.778. The fourth-order valence-corrected chi connectivity index (χ4v) is 1.35. The van der Waals surface area contributed by atoms with Gasteiger partial charge >= 0.3 is 5.97 Å². The van der Waals surface area contributed by atoms with Crippen molar-refractivity contribution >= 4 is 11.9 Å². The van der Waals surface area contributed by atoms with Gasteiger partial charge < -0.3 is 15.3 Å². The first-order valence-electron chi connectivity index (χ1n) is 4.78. The third kappa shape index (κ3) is 2.99. The molecule has 0 saturated carbocycles. The maximum absolute atomic E-state index is 11.5. The second-order valence-corrected chi connectivity index (χ2v) is 3.61. The molecule has 1 heterocycles. The number of hydrogen-bond acceptors (Lipinski definition) is 3. The molecule has 5 heteroatoms. The summed E-state index contributed by atoms with van der Waals surface area (Å²) in [6, 6.07) is 0. The van der Waals surface area contributed by atoms with Crippen LogP contribution in [0.1, 0.15) is 12.8 Å². The van der Waals surface area contributed by atoms with E-state index in [9.17, 15) is 9.59 Å². The fourth-order valence-electron chi connectivity index (χ4n) is 1.35. The first kappa shape index (κ1) is 11.0. The minimum Gasteiger partial charge on any atom is -0.481 e. The molecule has 2 N–H and O–H groups in total. The molecule has 0 aromatic rings. The molecule has 0 aromatic heterocycles. The van der Waals surface area contributed by atoms with E-state index in [4.69, 9.17) is 5.11 Å². The van der Waals surface area contributed by atoms with Gasteiger partial charge in [0.2, 0.25) is 5.91 Å². The van der Waals surface area contributed by atoms with E-state index in [1.807, 2.05) is 0 Å². The predicted octanol–water partition coefficient (Wildman–Crippen LogP) is -0.471. The number of hydrogen-bond donors (Lipinski definition) is 2.